The van der Waals surface area contributed by atoms with Gasteiger partial charge in [0.25, 0.3) is 0 Å². The van der Waals surface area contributed by atoms with Crippen molar-refractivity contribution in [2.45, 2.75) is 6.92 Å². The van der Waals surface area contributed by atoms with Crippen LogP contribution in [0.15, 0.2) is 12.3 Å². The summed E-state index contributed by atoms with van der Waals surface area (Å²) in [5.74, 6) is -0.374. The SMILES string of the molecule is [Li][c]1cc(C)cnc1F. The second-order valence-electron chi connectivity index (χ2n) is 2.12. The van der Waals surface area contributed by atoms with Gasteiger partial charge in [0.05, 0.1) is 0 Å². The first-order chi connectivity index (χ1) is 4.20. The first-order valence-corrected chi connectivity index (χ1v) is 2.79. The molecule has 0 radical (unpaired) electrons. The Labute approximate surface area is 62.5 Å². The number of rotatable bonds is 0. The third-order valence-corrected chi connectivity index (χ3v) is 1.15. The van der Waals surface area contributed by atoms with E-state index in [1.807, 2.05) is 6.92 Å². The van der Waals surface area contributed by atoms with Crippen molar-refractivity contribution in [3.63, 3.8) is 0 Å². The molecule has 1 nitrogen and oxygen atoms in total. The van der Waals surface area contributed by atoms with Crippen molar-refractivity contribution in [1.82, 2.24) is 4.98 Å². The standard InChI is InChI=1S/C6H5FN.Li/c1-5-2-3-6(7)8-4-5;/h2,4H,1H3;. The summed E-state index contributed by atoms with van der Waals surface area (Å²) in [5.41, 5.74) is 0.994. The molecular formula is C6H5FLiN. The summed E-state index contributed by atoms with van der Waals surface area (Å²) in [7, 11) is 0. The Morgan fingerprint density at radius 1 is 1.67 bits per heavy atom. The van der Waals surface area contributed by atoms with Gasteiger partial charge in [-0.3, -0.25) is 0 Å². The molecule has 0 spiro atoms. The molecule has 0 bridgehead atoms. The number of halogens is 1. The monoisotopic (exact) mass is 117 g/mol. The average molecular weight is 117 g/mol. The molecule has 0 unspecified atom stereocenters. The van der Waals surface area contributed by atoms with Crippen molar-refractivity contribution in [2.24, 2.45) is 0 Å². The predicted octanol–water partition coefficient (Wildman–Crippen LogP) is 0.323. The van der Waals surface area contributed by atoms with Crippen LogP contribution in [0.2, 0.25) is 0 Å². The summed E-state index contributed by atoms with van der Waals surface area (Å²) in [6.45, 7) is 1.89. The van der Waals surface area contributed by atoms with Crippen LogP contribution in [0.3, 0.4) is 0 Å². The van der Waals surface area contributed by atoms with Crippen LogP contribution in [0, 0.1) is 12.9 Å². The fourth-order valence-electron chi connectivity index (χ4n) is 0.699. The average Bonchev–Trinajstić information content (AvgIpc) is 1.80. The van der Waals surface area contributed by atoms with Crippen LogP contribution in [0.1, 0.15) is 5.56 Å². The van der Waals surface area contributed by atoms with Crippen molar-refractivity contribution >= 4 is 22.0 Å². The fraction of sp³-hybridized carbons (Fsp3) is 0.167. The van der Waals surface area contributed by atoms with E-state index in [-0.39, 0.29) is 5.95 Å². The van der Waals surface area contributed by atoms with E-state index in [0.29, 0.717) is 4.24 Å². The van der Waals surface area contributed by atoms with E-state index >= 15 is 0 Å². The van der Waals surface area contributed by atoms with Crippen LogP contribution in [0.5, 0.6) is 0 Å². The van der Waals surface area contributed by atoms with Gasteiger partial charge in [-0.2, -0.15) is 0 Å². The van der Waals surface area contributed by atoms with Gasteiger partial charge in [0.15, 0.2) is 0 Å². The van der Waals surface area contributed by atoms with Gasteiger partial charge in [0.1, 0.15) is 0 Å². The summed E-state index contributed by atoms with van der Waals surface area (Å²) < 4.78 is 13.0. The van der Waals surface area contributed by atoms with Gasteiger partial charge in [0, 0.05) is 0 Å². The molecule has 1 aromatic heterocycles. The molecule has 0 atom stereocenters. The molecule has 3 heteroatoms. The van der Waals surface area contributed by atoms with Gasteiger partial charge in [-0.1, -0.05) is 0 Å². The minimum absolute atomic E-state index is 0.374. The third kappa shape index (κ3) is 1.54. The Kier molecular flexibility index (Phi) is 1.89. The molecule has 0 aromatic carbocycles. The maximum absolute atomic E-state index is 12.4. The molecule has 9 heavy (non-hydrogen) atoms. The molecular weight excluding hydrogens is 112 g/mol. The molecule has 1 heterocycles. The Balaban J connectivity index is 3.17. The van der Waals surface area contributed by atoms with Crippen LogP contribution in [-0.4, -0.2) is 22.7 Å². The second kappa shape index (κ2) is 2.51. The van der Waals surface area contributed by atoms with Crippen molar-refractivity contribution < 1.29 is 4.39 Å². The van der Waals surface area contributed by atoms with E-state index in [1.54, 1.807) is 23.8 Å². The predicted molar refractivity (Wildman–Crippen MR) is 34.3 cm³/mol. The molecule has 0 N–H and O–H groups in total. The second-order valence-corrected chi connectivity index (χ2v) is 2.12. The Bertz CT molecular complexity index is 224. The van der Waals surface area contributed by atoms with Gasteiger partial charge in [-0.25, -0.2) is 0 Å². The Morgan fingerprint density at radius 2 is 2.33 bits per heavy atom. The summed E-state index contributed by atoms with van der Waals surface area (Å²) >= 11 is 1.70. The summed E-state index contributed by atoms with van der Waals surface area (Å²) in [6, 6.07) is 1.77. The van der Waals surface area contributed by atoms with Crippen LogP contribution >= 0.6 is 0 Å². The van der Waals surface area contributed by atoms with E-state index < -0.39 is 0 Å². The van der Waals surface area contributed by atoms with E-state index in [9.17, 15) is 4.39 Å². The minimum atomic E-state index is -0.374. The molecule has 1 aromatic rings. The first kappa shape index (κ1) is 6.79. The quantitative estimate of drug-likeness (QED) is 0.352. The zero-order valence-electron chi connectivity index (χ0n) is 5.48. The molecule has 0 saturated heterocycles. The van der Waals surface area contributed by atoms with Gasteiger partial charge in [0.2, 0.25) is 0 Å². The fourth-order valence-corrected chi connectivity index (χ4v) is 0.699. The number of aromatic nitrogens is 1. The van der Waals surface area contributed by atoms with Gasteiger partial charge >= 0.3 is 62.0 Å². The van der Waals surface area contributed by atoms with E-state index in [2.05, 4.69) is 4.98 Å². The van der Waals surface area contributed by atoms with E-state index in [0.717, 1.165) is 5.56 Å². The molecule has 0 amide bonds. The van der Waals surface area contributed by atoms with Crippen molar-refractivity contribution in [3.8, 4) is 0 Å². The Hall–Kier alpha value is -0.323. The number of nitrogens with zero attached hydrogens (tertiary/aromatic N) is 1. The first-order valence-electron chi connectivity index (χ1n) is 2.79. The van der Waals surface area contributed by atoms with Crippen LogP contribution in [0.4, 0.5) is 4.39 Å². The molecule has 1 rings (SSSR count). The summed E-state index contributed by atoms with van der Waals surface area (Å²) in [6.07, 6.45) is 1.52. The van der Waals surface area contributed by atoms with Crippen LogP contribution in [0.25, 0.3) is 0 Å². The summed E-state index contributed by atoms with van der Waals surface area (Å²) in [4.78, 5) is 3.51. The number of hydrogen-bond donors (Lipinski definition) is 0. The third-order valence-electron chi connectivity index (χ3n) is 1.15. The maximum atomic E-state index is 12.4. The zero-order chi connectivity index (χ0) is 6.85. The Morgan fingerprint density at radius 3 is 2.78 bits per heavy atom. The van der Waals surface area contributed by atoms with Crippen molar-refractivity contribution in [2.75, 3.05) is 0 Å². The number of hydrogen-bond acceptors (Lipinski definition) is 1. The molecule has 0 fully saturated rings. The molecule has 0 aliphatic heterocycles. The normalized spacial score (nSPS) is 9.78. The number of aryl methyl sites for hydroxylation is 1. The van der Waals surface area contributed by atoms with E-state index in [4.69, 9.17) is 0 Å². The van der Waals surface area contributed by atoms with Crippen LogP contribution in [-0.2, 0) is 0 Å². The van der Waals surface area contributed by atoms with Gasteiger partial charge in [-0.05, 0) is 0 Å². The molecule has 0 aliphatic rings. The van der Waals surface area contributed by atoms with Crippen molar-refractivity contribution in [1.29, 1.82) is 0 Å². The van der Waals surface area contributed by atoms with Gasteiger partial charge < -0.3 is 0 Å². The molecule has 42 valence electrons. The topological polar surface area (TPSA) is 12.9 Å². The molecule has 0 aliphatic carbocycles. The summed E-state index contributed by atoms with van der Waals surface area (Å²) in [5, 5.41) is 0. The zero-order valence-corrected chi connectivity index (χ0v) is 5.48. The van der Waals surface area contributed by atoms with E-state index in [1.165, 1.54) is 6.20 Å². The number of pyridine rings is 1. The molecule has 0 saturated carbocycles. The van der Waals surface area contributed by atoms with Crippen molar-refractivity contribution in [3.05, 3.63) is 23.8 Å². The van der Waals surface area contributed by atoms with Crippen LogP contribution < -0.4 is 4.24 Å². The van der Waals surface area contributed by atoms with Gasteiger partial charge in [-0.15, -0.1) is 0 Å².